The first-order valence-corrected chi connectivity index (χ1v) is 9.18. The van der Waals surface area contributed by atoms with Crippen LogP contribution in [0.3, 0.4) is 0 Å². The molecule has 0 saturated heterocycles. The molecule has 0 amide bonds. The van der Waals surface area contributed by atoms with Gasteiger partial charge in [0.1, 0.15) is 0 Å². The number of nitrogens with zero attached hydrogens (tertiary/aromatic N) is 1. The third kappa shape index (κ3) is 3.15. The van der Waals surface area contributed by atoms with Gasteiger partial charge in [0.15, 0.2) is 0 Å². The molecule has 118 valence electrons. The molecule has 5 heteroatoms. The van der Waals surface area contributed by atoms with Gasteiger partial charge in [0, 0.05) is 18.6 Å². The van der Waals surface area contributed by atoms with E-state index in [4.69, 9.17) is 5.73 Å². The van der Waals surface area contributed by atoms with E-state index in [9.17, 15) is 8.42 Å². The van der Waals surface area contributed by atoms with Gasteiger partial charge in [0.25, 0.3) is 0 Å². The van der Waals surface area contributed by atoms with Crippen LogP contribution in [0.1, 0.15) is 39.5 Å². The average molecular weight is 310 g/mol. The molecule has 1 saturated carbocycles. The highest BCUT2D eigenvalue weighted by Crippen LogP contribution is 2.38. The first-order chi connectivity index (χ1) is 9.96. The largest absolute Gasteiger partial charge is 0.329 e. The fraction of sp³-hybridized carbons (Fsp3) is 0.625. The van der Waals surface area contributed by atoms with Crippen LogP contribution in [0, 0.1) is 5.92 Å². The van der Waals surface area contributed by atoms with Crippen LogP contribution in [0.5, 0.6) is 0 Å². The van der Waals surface area contributed by atoms with Crippen molar-refractivity contribution in [2.24, 2.45) is 11.7 Å². The number of benzene rings is 1. The first-order valence-electron chi connectivity index (χ1n) is 7.74. The van der Waals surface area contributed by atoms with E-state index in [0.717, 1.165) is 25.7 Å². The molecule has 2 atom stereocenters. The van der Waals surface area contributed by atoms with E-state index in [1.165, 1.54) is 0 Å². The number of nitrogens with two attached hydrogens (primary N) is 1. The molecule has 1 aliphatic rings. The number of rotatable bonds is 5. The highest BCUT2D eigenvalue weighted by molar-refractivity contribution is 7.89. The monoisotopic (exact) mass is 310 g/mol. The summed E-state index contributed by atoms with van der Waals surface area (Å²) < 4.78 is 27.7. The summed E-state index contributed by atoms with van der Waals surface area (Å²) in [6, 6.07) is 8.68. The Morgan fingerprint density at radius 2 is 2.00 bits per heavy atom. The standard InChI is InChI=1S/C16H26N2O2S/c1-3-18(16(13-17)11-7-8-14(2)12-16)21(19,20)15-9-5-4-6-10-15/h4-6,9-10,14H,3,7-8,11-13,17H2,1-2H3. The maximum Gasteiger partial charge on any atom is 0.243 e. The van der Waals surface area contributed by atoms with E-state index >= 15 is 0 Å². The molecule has 0 aliphatic heterocycles. The minimum Gasteiger partial charge on any atom is -0.329 e. The minimum absolute atomic E-state index is 0.359. The smallest absolute Gasteiger partial charge is 0.243 e. The molecule has 0 bridgehead atoms. The maximum absolute atomic E-state index is 13.0. The molecule has 0 aromatic heterocycles. The van der Waals surface area contributed by atoms with Crippen molar-refractivity contribution in [3.63, 3.8) is 0 Å². The van der Waals surface area contributed by atoms with Crippen LogP contribution in [-0.2, 0) is 10.0 Å². The third-order valence-electron chi connectivity index (χ3n) is 4.59. The third-order valence-corrected chi connectivity index (χ3v) is 6.69. The molecule has 1 fully saturated rings. The Bertz CT molecular complexity index is 559. The van der Waals surface area contributed by atoms with Crippen molar-refractivity contribution >= 4 is 10.0 Å². The van der Waals surface area contributed by atoms with Crippen LogP contribution in [0.25, 0.3) is 0 Å². The fourth-order valence-electron chi connectivity index (χ4n) is 3.63. The molecule has 0 heterocycles. The van der Waals surface area contributed by atoms with Gasteiger partial charge < -0.3 is 5.73 Å². The van der Waals surface area contributed by atoms with Crippen LogP contribution in [0.15, 0.2) is 35.2 Å². The van der Waals surface area contributed by atoms with Gasteiger partial charge in [-0.3, -0.25) is 0 Å². The van der Waals surface area contributed by atoms with Crippen molar-refractivity contribution in [2.75, 3.05) is 13.1 Å². The number of hydrogen-bond acceptors (Lipinski definition) is 3. The van der Waals surface area contributed by atoms with Crippen LogP contribution in [0.2, 0.25) is 0 Å². The zero-order valence-corrected chi connectivity index (χ0v) is 13.8. The minimum atomic E-state index is -3.49. The summed E-state index contributed by atoms with van der Waals surface area (Å²) in [5, 5.41) is 0. The topological polar surface area (TPSA) is 63.4 Å². The van der Waals surface area contributed by atoms with Gasteiger partial charge >= 0.3 is 0 Å². The normalized spacial score (nSPS) is 27.0. The predicted molar refractivity (Wildman–Crippen MR) is 85.4 cm³/mol. The van der Waals surface area contributed by atoms with Crippen LogP contribution >= 0.6 is 0 Å². The van der Waals surface area contributed by atoms with Crippen molar-refractivity contribution in [3.8, 4) is 0 Å². The summed E-state index contributed by atoms with van der Waals surface area (Å²) in [5.74, 6) is 0.516. The van der Waals surface area contributed by atoms with Crippen molar-refractivity contribution in [3.05, 3.63) is 30.3 Å². The molecule has 0 spiro atoms. The quantitative estimate of drug-likeness (QED) is 0.909. The molecule has 21 heavy (non-hydrogen) atoms. The zero-order chi connectivity index (χ0) is 15.5. The molecule has 4 nitrogen and oxygen atoms in total. The van der Waals surface area contributed by atoms with Crippen molar-refractivity contribution in [1.29, 1.82) is 0 Å². The molecular weight excluding hydrogens is 284 g/mol. The Labute approximate surface area is 128 Å². The van der Waals surface area contributed by atoms with Gasteiger partial charge in [0.2, 0.25) is 10.0 Å². The second-order valence-electron chi connectivity index (χ2n) is 6.11. The van der Waals surface area contributed by atoms with Crippen LogP contribution < -0.4 is 5.73 Å². The average Bonchev–Trinajstić information content (AvgIpc) is 2.48. The Kier molecular flexibility index (Phi) is 5.07. The highest BCUT2D eigenvalue weighted by atomic mass is 32.2. The summed E-state index contributed by atoms with van der Waals surface area (Å²) in [6.07, 6.45) is 3.90. The van der Waals surface area contributed by atoms with E-state index in [0.29, 0.717) is 23.9 Å². The molecular formula is C16H26N2O2S. The van der Waals surface area contributed by atoms with Gasteiger partial charge in [-0.25, -0.2) is 8.42 Å². The van der Waals surface area contributed by atoms with Crippen molar-refractivity contribution < 1.29 is 8.42 Å². The molecule has 0 radical (unpaired) electrons. The lowest BCUT2D eigenvalue weighted by Gasteiger charge is -2.46. The molecule has 2 N–H and O–H groups in total. The molecule has 2 rings (SSSR count). The van der Waals surface area contributed by atoms with E-state index in [1.807, 2.05) is 13.0 Å². The number of hydrogen-bond donors (Lipinski definition) is 1. The predicted octanol–water partition coefficient (Wildman–Crippen LogP) is 2.60. The van der Waals surface area contributed by atoms with E-state index in [1.54, 1.807) is 28.6 Å². The Morgan fingerprint density at radius 1 is 1.33 bits per heavy atom. The van der Waals surface area contributed by atoms with Crippen LogP contribution in [-0.4, -0.2) is 31.4 Å². The summed E-state index contributed by atoms with van der Waals surface area (Å²) in [5.41, 5.74) is 5.62. The summed E-state index contributed by atoms with van der Waals surface area (Å²) in [4.78, 5) is 0.359. The number of sulfonamides is 1. The summed E-state index contributed by atoms with van der Waals surface area (Å²) in [7, 11) is -3.49. The van der Waals surface area contributed by atoms with E-state index in [-0.39, 0.29) is 0 Å². The van der Waals surface area contributed by atoms with Crippen LogP contribution in [0.4, 0.5) is 0 Å². The summed E-state index contributed by atoms with van der Waals surface area (Å²) >= 11 is 0. The second kappa shape index (κ2) is 6.46. The maximum atomic E-state index is 13.0. The Hall–Kier alpha value is -0.910. The lowest BCUT2D eigenvalue weighted by atomic mass is 9.76. The second-order valence-corrected chi connectivity index (χ2v) is 7.98. The zero-order valence-electron chi connectivity index (χ0n) is 13.0. The fourth-order valence-corrected chi connectivity index (χ4v) is 5.47. The van der Waals surface area contributed by atoms with E-state index in [2.05, 4.69) is 6.92 Å². The molecule has 1 aromatic carbocycles. The Morgan fingerprint density at radius 3 is 2.52 bits per heavy atom. The van der Waals surface area contributed by atoms with E-state index < -0.39 is 15.6 Å². The first kappa shape index (κ1) is 16.5. The van der Waals surface area contributed by atoms with Gasteiger partial charge in [-0.1, -0.05) is 44.9 Å². The summed E-state index contributed by atoms with van der Waals surface area (Å²) in [6.45, 7) is 4.93. The molecule has 1 aromatic rings. The molecule has 2 unspecified atom stereocenters. The SMILES string of the molecule is CCN(C1(CN)CCCC(C)C1)S(=O)(=O)c1ccccc1. The van der Waals surface area contributed by atoms with Gasteiger partial charge in [-0.05, 0) is 30.9 Å². The lowest BCUT2D eigenvalue weighted by Crippen LogP contribution is -2.58. The van der Waals surface area contributed by atoms with Gasteiger partial charge in [0.05, 0.1) is 4.90 Å². The lowest BCUT2D eigenvalue weighted by molar-refractivity contribution is 0.113. The number of likely N-dealkylation sites (N-methyl/N-ethyl adjacent to an activating group) is 1. The van der Waals surface area contributed by atoms with Gasteiger partial charge in [-0.15, -0.1) is 0 Å². The highest BCUT2D eigenvalue weighted by Gasteiger charge is 2.44. The van der Waals surface area contributed by atoms with Crippen molar-refractivity contribution in [2.45, 2.75) is 50.0 Å². The molecule has 1 aliphatic carbocycles. The van der Waals surface area contributed by atoms with Gasteiger partial charge in [-0.2, -0.15) is 4.31 Å². The Balaban J connectivity index is 2.42. The van der Waals surface area contributed by atoms with Crippen molar-refractivity contribution in [1.82, 2.24) is 4.31 Å².